The van der Waals surface area contributed by atoms with Crippen LogP contribution in [0.3, 0.4) is 0 Å². The lowest BCUT2D eigenvalue weighted by atomic mass is 9.66. The lowest BCUT2D eigenvalue weighted by molar-refractivity contribution is 0.143. The third kappa shape index (κ3) is 2.61. The van der Waals surface area contributed by atoms with Gasteiger partial charge in [0.15, 0.2) is 0 Å². The van der Waals surface area contributed by atoms with Crippen LogP contribution in [0.2, 0.25) is 0 Å². The molecule has 1 fully saturated rings. The number of hydrogen-bond donors (Lipinski definition) is 1. The first-order valence-electron chi connectivity index (χ1n) is 7.27. The van der Waals surface area contributed by atoms with E-state index in [2.05, 4.69) is 45.9 Å². The van der Waals surface area contributed by atoms with Crippen LogP contribution in [0.1, 0.15) is 49.8 Å². The highest BCUT2D eigenvalue weighted by molar-refractivity contribution is 5.31. The van der Waals surface area contributed by atoms with Crippen LogP contribution in [0.4, 0.5) is 0 Å². The zero-order valence-corrected chi connectivity index (χ0v) is 12.3. The minimum atomic E-state index is -0.000630. The molecule has 0 aromatic heterocycles. The predicted molar refractivity (Wildman–Crippen MR) is 78.7 cm³/mol. The van der Waals surface area contributed by atoms with Crippen molar-refractivity contribution >= 4 is 0 Å². The molecule has 0 amide bonds. The molecule has 1 aliphatic rings. The van der Waals surface area contributed by atoms with E-state index in [0.29, 0.717) is 5.92 Å². The summed E-state index contributed by atoms with van der Waals surface area (Å²) in [6, 6.07) is 6.80. The number of hydrogen-bond acceptors (Lipinski definition) is 1. The Morgan fingerprint density at radius 3 is 2.61 bits per heavy atom. The molecule has 2 N–H and O–H groups in total. The Hall–Kier alpha value is -0.820. The van der Waals surface area contributed by atoms with Crippen molar-refractivity contribution in [2.24, 2.45) is 17.6 Å². The summed E-state index contributed by atoms with van der Waals surface area (Å²) in [4.78, 5) is 0. The number of aryl methyl sites for hydroxylation is 2. The summed E-state index contributed by atoms with van der Waals surface area (Å²) >= 11 is 0. The van der Waals surface area contributed by atoms with Crippen LogP contribution in [0, 0.1) is 25.7 Å². The van der Waals surface area contributed by atoms with Gasteiger partial charge in [-0.3, -0.25) is 0 Å². The Morgan fingerprint density at radius 1 is 1.22 bits per heavy atom. The highest BCUT2D eigenvalue weighted by Crippen LogP contribution is 2.38. The summed E-state index contributed by atoms with van der Waals surface area (Å²) in [6.07, 6.45) is 4.82. The lowest BCUT2D eigenvalue weighted by Gasteiger charge is -2.43. The highest BCUT2D eigenvalue weighted by Gasteiger charge is 2.38. The second kappa shape index (κ2) is 5.05. The first-order chi connectivity index (χ1) is 8.42. The SMILES string of the molecule is Cc1ccc(CC2(N)CCCC(C)C2C)cc1C. The summed E-state index contributed by atoms with van der Waals surface area (Å²) in [6.45, 7) is 9.05. The molecule has 1 aromatic carbocycles. The molecular weight excluding hydrogens is 218 g/mol. The van der Waals surface area contributed by atoms with Gasteiger partial charge in [0.25, 0.3) is 0 Å². The maximum Gasteiger partial charge on any atom is 0.0223 e. The van der Waals surface area contributed by atoms with Gasteiger partial charge in [0, 0.05) is 5.54 Å². The Balaban J connectivity index is 2.18. The van der Waals surface area contributed by atoms with Crippen molar-refractivity contribution in [1.29, 1.82) is 0 Å². The molecule has 0 spiro atoms. The Kier molecular flexibility index (Phi) is 3.82. The van der Waals surface area contributed by atoms with Gasteiger partial charge in [0.2, 0.25) is 0 Å². The van der Waals surface area contributed by atoms with Crippen LogP contribution in [-0.4, -0.2) is 5.54 Å². The van der Waals surface area contributed by atoms with E-state index in [0.717, 1.165) is 12.3 Å². The van der Waals surface area contributed by atoms with Gasteiger partial charge in [-0.05, 0) is 55.2 Å². The maximum atomic E-state index is 6.71. The predicted octanol–water partition coefficient (Wildman–Crippen LogP) is 4.00. The van der Waals surface area contributed by atoms with Gasteiger partial charge < -0.3 is 5.73 Å². The lowest BCUT2D eigenvalue weighted by Crippen LogP contribution is -2.52. The molecule has 18 heavy (non-hydrogen) atoms. The average molecular weight is 245 g/mol. The zero-order chi connectivity index (χ0) is 13.3. The largest absolute Gasteiger partial charge is 0.325 e. The summed E-state index contributed by atoms with van der Waals surface area (Å²) in [5.41, 5.74) is 10.9. The summed E-state index contributed by atoms with van der Waals surface area (Å²) in [7, 11) is 0. The topological polar surface area (TPSA) is 26.0 Å². The van der Waals surface area contributed by atoms with Crippen molar-refractivity contribution in [2.45, 2.75) is 58.9 Å². The first-order valence-corrected chi connectivity index (χ1v) is 7.27. The molecule has 3 atom stereocenters. The molecule has 2 rings (SSSR count). The molecule has 1 aliphatic carbocycles. The van der Waals surface area contributed by atoms with E-state index in [4.69, 9.17) is 5.73 Å². The Morgan fingerprint density at radius 2 is 1.94 bits per heavy atom. The normalized spacial score (nSPS) is 32.5. The molecule has 0 bridgehead atoms. The van der Waals surface area contributed by atoms with Gasteiger partial charge in [-0.25, -0.2) is 0 Å². The quantitative estimate of drug-likeness (QED) is 0.837. The first kappa shape index (κ1) is 13.6. The fraction of sp³-hybridized carbons (Fsp3) is 0.647. The van der Waals surface area contributed by atoms with Crippen LogP contribution >= 0.6 is 0 Å². The number of rotatable bonds is 2. The van der Waals surface area contributed by atoms with Crippen LogP contribution < -0.4 is 5.73 Å². The second-order valence-corrected chi connectivity index (χ2v) is 6.49. The number of nitrogens with two attached hydrogens (primary N) is 1. The van der Waals surface area contributed by atoms with Crippen molar-refractivity contribution in [3.05, 3.63) is 34.9 Å². The molecule has 0 radical (unpaired) electrons. The zero-order valence-electron chi connectivity index (χ0n) is 12.3. The van der Waals surface area contributed by atoms with E-state index in [1.807, 2.05) is 0 Å². The van der Waals surface area contributed by atoms with Gasteiger partial charge in [-0.2, -0.15) is 0 Å². The minimum absolute atomic E-state index is 0.000630. The van der Waals surface area contributed by atoms with E-state index in [1.165, 1.54) is 36.0 Å². The van der Waals surface area contributed by atoms with E-state index >= 15 is 0 Å². The van der Waals surface area contributed by atoms with Crippen molar-refractivity contribution in [2.75, 3.05) is 0 Å². The van der Waals surface area contributed by atoms with Crippen LogP contribution in [-0.2, 0) is 6.42 Å². The van der Waals surface area contributed by atoms with Gasteiger partial charge in [-0.15, -0.1) is 0 Å². The monoisotopic (exact) mass is 245 g/mol. The summed E-state index contributed by atoms with van der Waals surface area (Å²) < 4.78 is 0. The molecule has 0 saturated heterocycles. The fourth-order valence-corrected chi connectivity index (χ4v) is 3.34. The standard InChI is InChI=1S/C17H27N/c1-12-7-8-16(10-14(12)3)11-17(18)9-5-6-13(2)15(17)4/h7-8,10,13,15H,5-6,9,11,18H2,1-4H3. The number of benzene rings is 1. The molecule has 100 valence electrons. The molecule has 1 nitrogen and oxygen atoms in total. The molecule has 0 aliphatic heterocycles. The van der Waals surface area contributed by atoms with E-state index < -0.39 is 0 Å². The highest BCUT2D eigenvalue weighted by atomic mass is 14.8. The summed E-state index contributed by atoms with van der Waals surface area (Å²) in [5.74, 6) is 1.38. The van der Waals surface area contributed by atoms with E-state index in [1.54, 1.807) is 0 Å². The molecular formula is C17H27N. The molecule has 1 heteroatoms. The van der Waals surface area contributed by atoms with E-state index in [9.17, 15) is 0 Å². The molecule has 1 aromatic rings. The third-order valence-corrected chi connectivity index (χ3v) is 5.17. The van der Waals surface area contributed by atoms with Crippen molar-refractivity contribution in [3.8, 4) is 0 Å². The Labute approximate surface area is 112 Å². The Bertz CT molecular complexity index is 424. The molecule has 0 heterocycles. The van der Waals surface area contributed by atoms with Crippen LogP contribution in [0.5, 0.6) is 0 Å². The maximum absolute atomic E-state index is 6.71. The van der Waals surface area contributed by atoms with E-state index in [-0.39, 0.29) is 5.54 Å². The van der Waals surface area contributed by atoms with Gasteiger partial charge in [-0.1, -0.05) is 44.9 Å². The second-order valence-electron chi connectivity index (χ2n) is 6.49. The van der Waals surface area contributed by atoms with Crippen LogP contribution in [0.15, 0.2) is 18.2 Å². The van der Waals surface area contributed by atoms with Crippen LogP contribution in [0.25, 0.3) is 0 Å². The fourth-order valence-electron chi connectivity index (χ4n) is 3.34. The molecule has 1 saturated carbocycles. The third-order valence-electron chi connectivity index (χ3n) is 5.17. The van der Waals surface area contributed by atoms with Gasteiger partial charge in [0.05, 0.1) is 0 Å². The molecule has 3 unspecified atom stereocenters. The van der Waals surface area contributed by atoms with Crippen molar-refractivity contribution < 1.29 is 0 Å². The minimum Gasteiger partial charge on any atom is -0.325 e. The summed E-state index contributed by atoms with van der Waals surface area (Å²) in [5, 5.41) is 0. The average Bonchev–Trinajstić information content (AvgIpc) is 2.31. The van der Waals surface area contributed by atoms with Crippen molar-refractivity contribution in [1.82, 2.24) is 0 Å². The smallest absolute Gasteiger partial charge is 0.0223 e. The van der Waals surface area contributed by atoms with Gasteiger partial charge >= 0.3 is 0 Å². The van der Waals surface area contributed by atoms with Gasteiger partial charge in [0.1, 0.15) is 0 Å². The van der Waals surface area contributed by atoms with Crippen molar-refractivity contribution in [3.63, 3.8) is 0 Å².